The van der Waals surface area contributed by atoms with Gasteiger partial charge in [-0.25, -0.2) is 23.4 Å². The van der Waals surface area contributed by atoms with Crippen LogP contribution in [0.2, 0.25) is 0 Å². The van der Waals surface area contributed by atoms with Gasteiger partial charge in [-0.05, 0) is 56.4 Å². The molecular formula is C24H23F2N7O. The summed E-state index contributed by atoms with van der Waals surface area (Å²) in [4.78, 5) is 25.8. The topological polar surface area (TPSA) is 90.5 Å². The minimum Gasteiger partial charge on any atom is -0.327 e. The fourth-order valence-corrected chi connectivity index (χ4v) is 3.81. The van der Waals surface area contributed by atoms with Crippen molar-refractivity contribution in [1.82, 2.24) is 29.3 Å². The second kappa shape index (κ2) is 8.77. The van der Waals surface area contributed by atoms with E-state index in [2.05, 4.69) is 25.4 Å². The first-order chi connectivity index (χ1) is 16.4. The number of nitrogens with zero attached hydrogens (tertiary/aromatic N) is 6. The van der Waals surface area contributed by atoms with Gasteiger partial charge in [0, 0.05) is 18.4 Å². The van der Waals surface area contributed by atoms with Crippen molar-refractivity contribution in [2.75, 3.05) is 5.32 Å². The van der Waals surface area contributed by atoms with E-state index in [9.17, 15) is 13.6 Å². The molecule has 0 atom stereocenters. The summed E-state index contributed by atoms with van der Waals surface area (Å²) in [6.45, 7) is 4.05. The van der Waals surface area contributed by atoms with Crippen molar-refractivity contribution in [3.8, 4) is 17.1 Å². The third kappa shape index (κ3) is 4.30. The smallest absolute Gasteiger partial charge is 0.282 e. The quantitative estimate of drug-likeness (QED) is 0.408. The van der Waals surface area contributed by atoms with Gasteiger partial charge in [0.1, 0.15) is 11.5 Å². The predicted octanol–water partition coefficient (Wildman–Crippen LogP) is 5.17. The fraction of sp³-hybridized carbons (Fsp3) is 0.292. The summed E-state index contributed by atoms with van der Waals surface area (Å²) < 4.78 is 30.7. The maximum absolute atomic E-state index is 13.7. The minimum absolute atomic E-state index is 0.171. The zero-order chi connectivity index (χ0) is 23.8. The van der Waals surface area contributed by atoms with Crippen LogP contribution in [0, 0.1) is 0 Å². The van der Waals surface area contributed by atoms with Crippen molar-refractivity contribution in [3.63, 3.8) is 0 Å². The average molecular weight is 463 g/mol. The Bertz CT molecular complexity index is 1340. The number of carbonyl (C=O) groups excluding carboxylic acids is 1. The van der Waals surface area contributed by atoms with Crippen LogP contribution in [0.25, 0.3) is 17.1 Å². The molecule has 0 aliphatic heterocycles. The molecule has 1 aliphatic rings. The molecule has 4 heterocycles. The Morgan fingerprint density at radius 1 is 1.15 bits per heavy atom. The van der Waals surface area contributed by atoms with E-state index >= 15 is 0 Å². The van der Waals surface area contributed by atoms with Crippen molar-refractivity contribution < 1.29 is 13.6 Å². The molecule has 0 radical (unpaired) electrons. The highest BCUT2D eigenvalue weighted by Gasteiger charge is 2.26. The van der Waals surface area contributed by atoms with Crippen molar-refractivity contribution in [3.05, 3.63) is 72.2 Å². The van der Waals surface area contributed by atoms with Crippen LogP contribution >= 0.6 is 0 Å². The van der Waals surface area contributed by atoms with Crippen LogP contribution in [0.4, 0.5) is 14.6 Å². The van der Waals surface area contributed by atoms with Crippen LogP contribution in [0.15, 0.2) is 55.4 Å². The van der Waals surface area contributed by atoms with Crippen molar-refractivity contribution >= 4 is 11.7 Å². The summed E-state index contributed by atoms with van der Waals surface area (Å²) in [5.74, 6) is -0.0232. The van der Waals surface area contributed by atoms with Crippen LogP contribution in [0.5, 0.6) is 0 Å². The summed E-state index contributed by atoms with van der Waals surface area (Å²) in [5.41, 5.74) is 2.16. The third-order valence-electron chi connectivity index (χ3n) is 5.73. The molecule has 1 aliphatic carbocycles. The molecule has 0 unspecified atom stereocenters. The Hall–Kier alpha value is -3.95. The number of halogens is 2. The van der Waals surface area contributed by atoms with E-state index in [1.165, 1.54) is 10.9 Å². The molecule has 4 aromatic heterocycles. The molecule has 8 nitrogen and oxygen atoms in total. The van der Waals surface area contributed by atoms with Gasteiger partial charge in [0.15, 0.2) is 0 Å². The van der Waals surface area contributed by atoms with Gasteiger partial charge in [0.2, 0.25) is 0 Å². The number of amides is 1. The summed E-state index contributed by atoms with van der Waals surface area (Å²) >= 11 is 0. The standard InChI is InChI=1S/C24H23F2N7O/c1-14(2)32-13-28-11-20(32)19-4-3-5-21(29-19)30-24(34)18-12-33(31-22(18)23(25)26)17-8-16(9-27-10-17)15-6-7-15/h3-5,8-15,23H,6-7H2,1-2H3,(H,29,30,34). The molecular weight excluding hydrogens is 440 g/mol. The van der Waals surface area contributed by atoms with E-state index in [-0.39, 0.29) is 17.4 Å². The molecule has 0 saturated heterocycles. The van der Waals surface area contributed by atoms with Gasteiger partial charge in [-0.1, -0.05) is 6.07 Å². The van der Waals surface area contributed by atoms with Gasteiger partial charge in [0.25, 0.3) is 12.3 Å². The van der Waals surface area contributed by atoms with E-state index in [1.54, 1.807) is 43.1 Å². The fourth-order valence-electron chi connectivity index (χ4n) is 3.81. The Balaban J connectivity index is 1.43. The molecule has 5 rings (SSSR count). The number of carbonyl (C=O) groups is 1. The van der Waals surface area contributed by atoms with Gasteiger partial charge in [-0.3, -0.25) is 9.78 Å². The van der Waals surface area contributed by atoms with Crippen molar-refractivity contribution in [1.29, 1.82) is 0 Å². The monoisotopic (exact) mass is 463 g/mol. The number of aromatic nitrogens is 6. The molecule has 34 heavy (non-hydrogen) atoms. The zero-order valence-corrected chi connectivity index (χ0v) is 18.7. The third-order valence-corrected chi connectivity index (χ3v) is 5.73. The van der Waals surface area contributed by atoms with Gasteiger partial charge in [-0.2, -0.15) is 5.10 Å². The number of pyridine rings is 2. The van der Waals surface area contributed by atoms with Crippen LogP contribution in [0.3, 0.4) is 0 Å². The molecule has 4 aromatic rings. The number of nitrogens with one attached hydrogen (secondary N) is 1. The molecule has 1 N–H and O–H groups in total. The maximum atomic E-state index is 13.7. The normalized spacial score (nSPS) is 13.6. The predicted molar refractivity (Wildman–Crippen MR) is 122 cm³/mol. The Morgan fingerprint density at radius 3 is 2.71 bits per heavy atom. The number of imidazole rings is 1. The van der Waals surface area contributed by atoms with E-state index in [4.69, 9.17) is 0 Å². The van der Waals surface area contributed by atoms with E-state index in [0.717, 1.165) is 24.1 Å². The molecule has 0 bridgehead atoms. The lowest BCUT2D eigenvalue weighted by atomic mass is 10.2. The minimum atomic E-state index is -2.92. The molecule has 0 aromatic carbocycles. The highest BCUT2D eigenvalue weighted by atomic mass is 19.3. The number of anilines is 1. The van der Waals surface area contributed by atoms with Crippen LogP contribution < -0.4 is 5.32 Å². The van der Waals surface area contributed by atoms with Gasteiger partial charge in [0.05, 0.1) is 41.4 Å². The molecule has 1 amide bonds. The first-order valence-electron chi connectivity index (χ1n) is 11.0. The van der Waals surface area contributed by atoms with Crippen LogP contribution in [-0.4, -0.2) is 35.2 Å². The first-order valence-corrected chi connectivity index (χ1v) is 11.0. The Labute approximate surface area is 194 Å². The van der Waals surface area contributed by atoms with E-state index < -0.39 is 18.0 Å². The second-order valence-corrected chi connectivity index (χ2v) is 8.57. The average Bonchev–Trinajstić information content (AvgIpc) is 3.37. The molecule has 1 fully saturated rings. The second-order valence-electron chi connectivity index (χ2n) is 8.57. The highest BCUT2D eigenvalue weighted by molar-refractivity contribution is 6.04. The largest absolute Gasteiger partial charge is 0.327 e. The van der Waals surface area contributed by atoms with Crippen LogP contribution in [0.1, 0.15) is 66.7 Å². The Kier molecular flexibility index (Phi) is 5.64. The Morgan fingerprint density at radius 2 is 1.97 bits per heavy atom. The first kappa shape index (κ1) is 21.9. The van der Waals surface area contributed by atoms with Crippen molar-refractivity contribution in [2.24, 2.45) is 0 Å². The summed E-state index contributed by atoms with van der Waals surface area (Å²) in [6.07, 6.45) is 7.28. The van der Waals surface area contributed by atoms with Crippen LogP contribution in [-0.2, 0) is 0 Å². The van der Waals surface area contributed by atoms with Crippen molar-refractivity contribution in [2.45, 2.75) is 45.1 Å². The number of alkyl halides is 2. The van der Waals surface area contributed by atoms with E-state index in [1.807, 2.05) is 24.5 Å². The maximum Gasteiger partial charge on any atom is 0.282 e. The number of rotatable bonds is 7. The lowest BCUT2D eigenvalue weighted by molar-refractivity contribution is 0.101. The van der Waals surface area contributed by atoms with E-state index in [0.29, 0.717) is 17.3 Å². The van der Waals surface area contributed by atoms with Gasteiger partial charge in [-0.15, -0.1) is 0 Å². The lowest BCUT2D eigenvalue weighted by Gasteiger charge is -2.12. The molecule has 1 saturated carbocycles. The highest BCUT2D eigenvalue weighted by Crippen LogP contribution is 2.40. The summed E-state index contributed by atoms with van der Waals surface area (Å²) in [5, 5.41) is 6.61. The SMILES string of the molecule is CC(C)n1cncc1-c1cccc(NC(=O)c2cn(-c3cncc(C4CC4)c3)nc2C(F)F)n1. The van der Waals surface area contributed by atoms with Gasteiger partial charge >= 0.3 is 0 Å². The summed E-state index contributed by atoms with van der Waals surface area (Å²) in [6, 6.07) is 7.19. The van der Waals surface area contributed by atoms with Gasteiger partial charge < -0.3 is 9.88 Å². The molecule has 174 valence electrons. The number of hydrogen-bond acceptors (Lipinski definition) is 5. The zero-order valence-electron chi connectivity index (χ0n) is 18.7. The molecule has 0 spiro atoms. The molecule has 10 heteroatoms. The lowest BCUT2D eigenvalue weighted by Crippen LogP contribution is -2.14. The number of hydrogen-bond donors (Lipinski definition) is 1. The summed E-state index contributed by atoms with van der Waals surface area (Å²) in [7, 11) is 0.